The second-order valence-corrected chi connectivity index (χ2v) is 6.60. The summed E-state index contributed by atoms with van der Waals surface area (Å²) in [6, 6.07) is 4.85. The fourth-order valence-electron chi connectivity index (χ4n) is 1.76. The van der Waals surface area contributed by atoms with Crippen LogP contribution in [-0.4, -0.2) is 31.2 Å². The first-order chi connectivity index (χ1) is 11.0. The van der Waals surface area contributed by atoms with E-state index in [1.165, 1.54) is 18.0 Å². The van der Waals surface area contributed by atoms with Gasteiger partial charge in [0.05, 0.1) is 20.8 Å². The number of nitrogens with one attached hydrogen (secondary N) is 1. The largest absolute Gasteiger partial charge is 0.310 e. The summed E-state index contributed by atoms with van der Waals surface area (Å²) in [6.45, 7) is 0. The molecule has 3 rings (SSSR count). The lowest BCUT2D eigenvalue weighted by molar-refractivity contribution is -0.113. The van der Waals surface area contributed by atoms with Gasteiger partial charge in [-0.15, -0.1) is 10.2 Å². The number of rotatable bonds is 4. The van der Waals surface area contributed by atoms with E-state index >= 15 is 0 Å². The predicted molar refractivity (Wildman–Crippen MR) is 91.6 cm³/mol. The van der Waals surface area contributed by atoms with Crippen LogP contribution in [0.15, 0.2) is 35.7 Å². The first-order valence-corrected chi connectivity index (χ1v) is 8.39. The van der Waals surface area contributed by atoms with E-state index in [1.54, 1.807) is 28.8 Å². The lowest BCUT2D eigenvalue weighted by Gasteiger charge is -2.04. The van der Waals surface area contributed by atoms with Gasteiger partial charge in [-0.05, 0) is 18.2 Å². The van der Waals surface area contributed by atoms with Crippen molar-refractivity contribution >= 4 is 63.9 Å². The van der Waals surface area contributed by atoms with E-state index in [9.17, 15) is 4.79 Å². The first kappa shape index (κ1) is 16.3. The Kier molecular flexibility index (Phi) is 4.91. The Hall–Kier alpha value is -1.54. The van der Waals surface area contributed by atoms with Gasteiger partial charge in [-0.2, -0.15) is 0 Å². The van der Waals surface area contributed by atoms with Gasteiger partial charge in [0.25, 0.3) is 0 Å². The lowest BCUT2D eigenvalue weighted by atomic mass is 10.4. The zero-order chi connectivity index (χ0) is 16.4. The number of aromatic nitrogens is 4. The van der Waals surface area contributed by atoms with E-state index in [4.69, 9.17) is 34.8 Å². The van der Waals surface area contributed by atoms with Gasteiger partial charge >= 0.3 is 0 Å². The average Bonchev–Trinajstić information content (AvgIpc) is 2.91. The van der Waals surface area contributed by atoms with E-state index in [0.717, 1.165) is 0 Å². The van der Waals surface area contributed by atoms with Crippen LogP contribution in [0.5, 0.6) is 0 Å². The van der Waals surface area contributed by atoms with Crippen LogP contribution in [0, 0.1) is 0 Å². The van der Waals surface area contributed by atoms with Crippen molar-refractivity contribution in [2.24, 2.45) is 0 Å². The third kappa shape index (κ3) is 3.87. The number of hydrogen-bond donors (Lipinski definition) is 1. The average molecular weight is 389 g/mol. The Balaban J connectivity index is 1.68. The van der Waals surface area contributed by atoms with Crippen LogP contribution in [0.4, 0.5) is 5.82 Å². The van der Waals surface area contributed by atoms with E-state index in [1.807, 2.05) is 0 Å². The molecule has 3 aromatic rings. The quantitative estimate of drug-likeness (QED) is 0.688. The number of carbonyl (C=O) groups is 1. The number of pyridine rings is 2. The van der Waals surface area contributed by atoms with Crippen LogP contribution in [0.2, 0.25) is 15.1 Å². The normalized spacial score (nSPS) is 10.9. The minimum Gasteiger partial charge on any atom is -0.310 e. The van der Waals surface area contributed by atoms with E-state index < -0.39 is 0 Å². The summed E-state index contributed by atoms with van der Waals surface area (Å²) in [5, 5.41) is 12.5. The van der Waals surface area contributed by atoms with Crippen molar-refractivity contribution in [3.05, 3.63) is 45.7 Å². The minimum atomic E-state index is -0.227. The molecule has 3 aromatic heterocycles. The molecule has 0 fully saturated rings. The molecule has 0 bridgehead atoms. The van der Waals surface area contributed by atoms with E-state index in [-0.39, 0.29) is 11.7 Å². The molecule has 0 aromatic carbocycles. The van der Waals surface area contributed by atoms with Crippen molar-refractivity contribution in [1.29, 1.82) is 0 Å². The highest BCUT2D eigenvalue weighted by Gasteiger charge is 2.12. The SMILES string of the molecule is O=C(CSc1nnc2c(Cl)cc(Cl)cn12)Nc1ccc(Cl)cn1. The summed E-state index contributed by atoms with van der Waals surface area (Å²) in [7, 11) is 0. The standard InChI is InChI=1S/C13H8Cl3N5OS/c14-7-1-2-10(17-4-7)18-11(22)6-23-13-20-19-12-9(16)3-8(15)5-21(12)13/h1-5H,6H2,(H,17,18,22). The monoisotopic (exact) mass is 387 g/mol. The van der Waals surface area contributed by atoms with Gasteiger partial charge in [-0.3, -0.25) is 9.20 Å². The highest BCUT2D eigenvalue weighted by molar-refractivity contribution is 7.99. The number of anilines is 1. The fourth-order valence-corrected chi connectivity index (χ4v) is 3.09. The molecule has 0 radical (unpaired) electrons. The first-order valence-electron chi connectivity index (χ1n) is 6.27. The summed E-state index contributed by atoms with van der Waals surface area (Å²) >= 11 is 19.0. The van der Waals surface area contributed by atoms with E-state index in [0.29, 0.717) is 31.7 Å². The van der Waals surface area contributed by atoms with Crippen molar-refractivity contribution in [3.8, 4) is 0 Å². The lowest BCUT2D eigenvalue weighted by Crippen LogP contribution is -2.15. The summed E-state index contributed by atoms with van der Waals surface area (Å²) in [5.74, 6) is 0.335. The van der Waals surface area contributed by atoms with Gasteiger partial charge in [0, 0.05) is 12.4 Å². The van der Waals surface area contributed by atoms with Crippen molar-refractivity contribution in [2.45, 2.75) is 5.16 Å². The molecule has 0 unspecified atom stereocenters. The molecule has 118 valence electrons. The Morgan fingerprint density at radius 2 is 2.04 bits per heavy atom. The molecule has 0 aliphatic carbocycles. The molecular formula is C13H8Cl3N5OS. The molecule has 0 saturated carbocycles. The highest BCUT2D eigenvalue weighted by Crippen LogP contribution is 2.25. The molecular weight excluding hydrogens is 381 g/mol. The fraction of sp³-hybridized carbons (Fsp3) is 0.0769. The van der Waals surface area contributed by atoms with Gasteiger partial charge in [0.15, 0.2) is 10.8 Å². The van der Waals surface area contributed by atoms with Crippen molar-refractivity contribution < 1.29 is 4.79 Å². The van der Waals surface area contributed by atoms with Gasteiger partial charge in [-0.25, -0.2) is 4.98 Å². The molecule has 1 amide bonds. The number of fused-ring (bicyclic) bond motifs is 1. The molecule has 0 atom stereocenters. The zero-order valence-electron chi connectivity index (χ0n) is 11.3. The van der Waals surface area contributed by atoms with Gasteiger partial charge in [-0.1, -0.05) is 46.6 Å². The topological polar surface area (TPSA) is 72.2 Å². The van der Waals surface area contributed by atoms with Crippen LogP contribution in [-0.2, 0) is 4.79 Å². The Morgan fingerprint density at radius 1 is 1.22 bits per heavy atom. The zero-order valence-corrected chi connectivity index (χ0v) is 14.4. The molecule has 0 aliphatic heterocycles. The van der Waals surface area contributed by atoms with Gasteiger partial charge in [0.2, 0.25) is 5.91 Å². The molecule has 0 aliphatic rings. The highest BCUT2D eigenvalue weighted by atomic mass is 35.5. The summed E-state index contributed by atoms with van der Waals surface area (Å²) in [4.78, 5) is 15.9. The number of hydrogen-bond acceptors (Lipinski definition) is 5. The van der Waals surface area contributed by atoms with Gasteiger partial charge < -0.3 is 5.32 Å². The smallest absolute Gasteiger partial charge is 0.236 e. The molecule has 6 nitrogen and oxygen atoms in total. The second kappa shape index (κ2) is 6.92. The van der Waals surface area contributed by atoms with Crippen LogP contribution in [0.3, 0.4) is 0 Å². The Labute approximate surface area is 150 Å². The summed E-state index contributed by atoms with van der Waals surface area (Å²) < 4.78 is 1.64. The molecule has 23 heavy (non-hydrogen) atoms. The maximum absolute atomic E-state index is 11.9. The molecule has 0 spiro atoms. The van der Waals surface area contributed by atoms with Crippen molar-refractivity contribution in [3.63, 3.8) is 0 Å². The number of thioether (sulfide) groups is 1. The van der Waals surface area contributed by atoms with Crippen LogP contribution >= 0.6 is 46.6 Å². The van der Waals surface area contributed by atoms with Crippen LogP contribution in [0.25, 0.3) is 5.65 Å². The van der Waals surface area contributed by atoms with Gasteiger partial charge in [0.1, 0.15) is 5.82 Å². The minimum absolute atomic E-state index is 0.134. The maximum Gasteiger partial charge on any atom is 0.236 e. The predicted octanol–water partition coefficient (Wildman–Crippen LogP) is 3.82. The molecule has 10 heteroatoms. The van der Waals surface area contributed by atoms with Crippen LogP contribution in [0.1, 0.15) is 0 Å². The molecule has 3 heterocycles. The summed E-state index contributed by atoms with van der Waals surface area (Å²) in [6.07, 6.45) is 3.10. The second-order valence-electron chi connectivity index (χ2n) is 4.38. The number of halogens is 3. The Bertz CT molecular complexity index is 868. The van der Waals surface area contributed by atoms with E-state index in [2.05, 4.69) is 20.5 Å². The van der Waals surface area contributed by atoms with Crippen molar-refractivity contribution in [2.75, 3.05) is 11.1 Å². The maximum atomic E-state index is 11.9. The van der Waals surface area contributed by atoms with Crippen molar-refractivity contribution in [1.82, 2.24) is 19.6 Å². The molecule has 0 saturated heterocycles. The molecule has 1 N–H and O–H groups in total. The third-order valence-electron chi connectivity index (χ3n) is 2.72. The number of carbonyl (C=O) groups excluding carboxylic acids is 1. The number of nitrogens with zero attached hydrogens (tertiary/aromatic N) is 4. The third-order valence-corrected chi connectivity index (χ3v) is 4.37. The summed E-state index contributed by atoms with van der Waals surface area (Å²) in [5.41, 5.74) is 0.485. The Morgan fingerprint density at radius 3 is 2.78 bits per heavy atom. The number of amides is 1. The van der Waals surface area contributed by atoms with Crippen LogP contribution < -0.4 is 5.32 Å².